The van der Waals surface area contributed by atoms with Gasteiger partial charge >= 0.3 is 5.88 Å². The molecule has 90 valence electrons. The zero-order valence-electron chi connectivity index (χ0n) is 9.15. The van der Waals surface area contributed by atoms with Crippen molar-refractivity contribution in [1.82, 2.24) is 15.5 Å². The van der Waals surface area contributed by atoms with Crippen LogP contribution in [0.3, 0.4) is 0 Å². The Hall–Kier alpha value is -1.48. The van der Waals surface area contributed by atoms with E-state index in [1.807, 2.05) is 6.92 Å². The van der Waals surface area contributed by atoms with Crippen LogP contribution in [0.25, 0.3) is 0 Å². The fourth-order valence-corrected chi connectivity index (χ4v) is 2.58. The number of nitrogens with zero attached hydrogens (tertiary/aromatic N) is 5. The average molecular weight is 271 g/mol. The molecule has 0 saturated carbocycles. The van der Waals surface area contributed by atoms with Gasteiger partial charge in [0.05, 0.1) is 0 Å². The summed E-state index contributed by atoms with van der Waals surface area (Å²) in [4.78, 5) is 3.75. The Kier molecular flexibility index (Phi) is 3.69. The van der Waals surface area contributed by atoms with Crippen LogP contribution in [0.2, 0.25) is 0 Å². The van der Waals surface area contributed by atoms with Crippen LogP contribution in [0.4, 0.5) is 5.88 Å². The van der Waals surface area contributed by atoms with Gasteiger partial charge in [-0.3, -0.25) is 4.52 Å². The predicted octanol–water partition coefficient (Wildman–Crippen LogP) is -0.158. The van der Waals surface area contributed by atoms with Crippen molar-refractivity contribution in [3.8, 4) is 0 Å². The number of aryl methyl sites for hydroxylation is 2. The molecule has 0 unspecified atom stereocenters. The van der Waals surface area contributed by atoms with E-state index in [9.17, 15) is 5.11 Å². The van der Waals surface area contributed by atoms with Crippen LogP contribution in [-0.2, 0) is 7.05 Å². The van der Waals surface area contributed by atoms with Gasteiger partial charge in [-0.1, -0.05) is 27.8 Å². The number of hydrogen-bond donors (Lipinski definition) is 0. The topological polar surface area (TPSA) is 91.1 Å². The van der Waals surface area contributed by atoms with Gasteiger partial charge in [0.1, 0.15) is 5.01 Å². The fourth-order valence-electron chi connectivity index (χ4n) is 0.978. The molecule has 0 saturated heterocycles. The minimum absolute atomic E-state index is 0.201. The number of rotatable bonds is 4. The first-order chi connectivity index (χ1) is 8.13. The summed E-state index contributed by atoms with van der Waals surface area (Å²) in [6, 6.07) is 0. The van der Waals surface area contributed by atoms with Crippen molar-refractivity contribution < 1.29 is 14.3 Å². The molecule has 0 aromatic carbocycles. The summed E-state index contributed by atoms with van der Waals surface area (Å²) in [7, 11) is 1.69. The first-order valence-corrected chi connectivity index (χ1v) is 6.44. The molecule has 2 aromatic rings. The van der Waals surface area contributed by atoms with E-state index in [1.54, 1.807) is 7.05 Å². The molecule has 0 atom stereocenters. The SMILES string of the molecule is Cc1nnc(SC/C([O-])=N\c2c[n+](C)no2)s1. The lowest BCUT2D eigenvalue weighted by atomic mass is 10.7. The zero-order valence-corrected chi connectivity index (χ0v) is 10.8. The number of aliphatic imine (C=N–C) groups is 1. The molecule has 2 aromatic heterocycles. The van der Waals surface area contributed by atoms with E-state index >= 15 is 0 Å². The minimum Gasteiger partial charge on any atom is -0.861 e. The molecule has 0 radical (unpaired) electrons. The molecule has 0 aliphatic rings. The van der Waals surface area contributed by atoms with E-state index in [0.717, 1.165) is 9.35 Å². The molecule has 17 heavy (non-hydrogen) atoms. The summed E-state index contributed by atoms with van der Waals surface area (Å²) in [6.45, 7) is 1.86. The van der Waals surface area contributed by atoms with E-state index < -0.39 is 0 Å². The van der Waals surface area contributed by atoms with E-state index in [-0.39, 0.29) is 17.5 Å². The van der Waals surface area contributed by atoms with Crippen molar-refractivity contribution >= 4 is 34.9 Å². The van der Waals surface area contributed by atoms with Crippen LogP contribution in [0.5, 0.6) is 0 Å². The monoisotopic (exact) mass is 271 g/mol. The Balaban J connectivity index is 1.93. The molecule has 0 bridgehead atoms. The highest BCUT2D eigenvalue weighted by Gasteiger charge is 2.05. The molecule has 0 aliphatic carbocycles. The number of aromatic nitrogens is 4. The zero-order chi connectivity index (χ0) is 12.3. The van der Waals surface area contributed by atoms with Gasteiger partial charge in [-0.15, -0.1) is 10.2 Å². The second-order valence-electron chi connectivity index (χ2n) is 3.10. The van der Waals surface area contributed by atoms with Crippen molar-refractivity contribution in [1.29, 1.82) is 0 Å². The van der Waals surface area contributed by atoms with Crippen molar-refractivity contribution in [2.45, 2.75) is 11.3 Å². The third-order valence-corrected chi connectivity index (χ3v) is 3.58. The lowest BCUT2D eigenvalue weighted by Crippen LogP contribution is -2.27. The van der Waals surface area contributed by atoms with E-state index in [0.29, 0.717) is 0 Å². The standard InChI is InChI=1S/C8H9N5O2S2/c1-5-10-11-8(17-5)16-4-6(14)9-7-3-13(2)12-15-7/h3H,4H2,1-2H3. The number of hydrogen-bond acceptors (Lipinski definition) is 8. The molecular formula is C8H9N5O2S2. The van der Waals surface area contributed by atoms with Crippen LogP contribution in [0.15, 0.2) is 20.1 Å². The molecule has 2 rings (SSSR count). The van der Waals surface area contributed by atoms with Gasteiger partial charge in [0.25, 0.3) is 6.20 Å². The molecule has 7 nitrogen and oxygen atoms in total. The maximum Gasteiger partial charge on any atom is 0.320 e. The van der Waals surface area contributed by atoms with Crippen molar-refractivity contribution in [2.75, 3.05) is 5.75 Å². The maximum absolute atomic E-state index is 11.5. The molecule has 0 fully saturated rings. The largest absolute Gasteiger partial charge is 0.861 e. The van der Waals surface area contributed by atoms with Gasteiger partial charge < -0.3 is 5.11 Å². The van der Waals surface area contributed by atoms with Gasteiger partial charge in [-0.05, 0) is 12.8 Å². The first kappa shape index (κ1) is 12.0. The Bertz CT molecular complexity index is 536. The van der Waals surface area contributed by atoms with Crippen LogP contribution in [0, 0.1) is 6.92 Å². The van der Waals surface area contributed by atoms with E-state index in [2.05, 4.69) is 20.5 Å². The van der Waals surface area contributed by atoms with Crippen LogP contribution < -0.4 is 9.79 Å². The summed E-state index contributed by atoms with van der Waals surface area (Å²) in [5.41, 5.74) is 0. The van der Waals surface area contributed by atoms with Crippen LogP contribution in [-0.4, -0.2) is 27.1 Å². The summed E-state index contributed by atoms with van der Waals surface area (Å²) in [6.07, 6.45) is 1.53. The summed E-state index contributed by atoms with van der Waals surface area (Å²) < 4.78 is 6.98. The maximum atomic E-state index is 11.5. The van der Waals surface area contributed by atoms with Gasteiger partial charge in [0.15, 0.2) is 16.7 Å². The molecule has 0 amide bonds. The molecule has 0 spiro atoms. The second-order valence-corrected chi connectivity index (χ2v) is 5.50. The third-order valence-electron chi connectivity index (χ3n) is 1.62. The molecule has 0 N–H and O–H groups in total. The van der Waals surface area contributed by atoms with Gasteiger partial charge in [0, 0.05) is 5.75 Å². The number of thioether (sulfide) groups is 1. The third kappa shape index (κ3) is 3.49. The summed E-state index contributed by atoms with van der Waals surface area (Å²) in [5, 5.41) is 23.7. The van der Waals surface area contributed by atoms with E-state index in [4.69, 9.17) is 4.52 Å². The highest BCUT2D eigenvalue weighted by Crippen LogP contribution is 2.21. The van der Waals surface area contributed by atoms with Crippen molar-refractivity contribution in [2.24, 2.45) is 12.0 Å². The summed E-state index contributed by atoms with van der Waals surface area (Å²) >= 11 is 2.76. The Morgan fingerprint density at radius 3 is 3.06 bits per heavy atom. The lowest BCUT2D eigenvalue weighted by Gasteiger charge is -2.05. The van der Waals surface area contributed by atoms with Gasteiger partial charge in [-0.25, -0.2) is 4.99 Å². The van der Waals surface area contributed by atoms with Gasteiger partial charge in [0.2, 0.25) is 0 Å². The van der Waals surface area contributed by atoms with Crippen molar-refractivity contribution in [3.63, 3.8) is 0 Å². The van der Waals surface area contributed by atoms with Crippen molar-refractivity contribution in [3.05, 3.63) is 11.2 Å². The minimum atomic E-state index is -0.292. The Morgan fingerprint density at radius 1 is 1.65 bits per heavy atom. The fraction of sp³-hybridized carbons (Fsp3) is 0.375. The van der Waals surface area contributed by atoms with Crippen LogP contribution >= 0.6 is 23.1 Å². The molecule has 2 heterocycles. The van der Waals surface area contributed by atoms with E-state index in [1.165, 1.54) is 34.0 Å². The molecule has 0 aliphatic heterocycles. The lowest BCUT2D eigenvalue weighted by molar-refractivity contribution is -0.739. The summed E-state index contributed by atoms with van der Waals surface area (Å²) in [5.74, 6) is 0.116. The molecular weight excluding hydrogens is 262 g/mol. The Morgan fingerprint density at radius 2 is 2.47 bits per heavy atom. The highest BCUT2D eigenvalue weighted by atomic mass is 32.2. The molecule has 9 heteroatoms. The average Bonchev–Trinajstić information content (AvgIpc) is 2.85. The normalized spacial score (nSPS) is 12.0. The van der Waals surface area contributed by atoms with Gasteiger partial charge in [-0.2, -0.15) is 0 Å². The Labute approximate surface area is 105 Å². The highest BCUT2D eigenvalue weighted by molar-refractivity contribution is 8.01. The first-order valence-electron chi connectivity index (χ1n) is 4.63. The quantitative estimate of drug-likeness (QED) is 0.332. The predicted molar refractivity (Wildman–Crippen MR) is 60.1 cm³/mol. The van der Waals surface area contributed by atoms with Crippen LogP contribution in [0.1, 0.15) is 5.01 Å². The second kappa shape index (κ2) is 5.23. The smallest absolute Gasteiger partial charge is 0.320 e.